The third-order valence-electron chi connectivity index (χ3n) is 2.54. The summed E-state index contributed by atoms with van der Waals surface area (Å²) in [6, 6.07) is 8.45. The topological polar surface area (TPSA) is 9.23 Å². The Kier molecular flexibility index (Phi) is 2.91. The molecule has 1 heteroatoms. The van der Waals surface area contributed by atoms with Crippen LogP contribution in [0.3, 0.4) is 0 Å². The van der Waals surface area contributed by atoms with Crippen LogP contribution < -0.4 is 0 Å². The Labute approximate surface area is 91.1 Å². The number of benzene rings is 1. The first-order valence-corrected chi connectivity index (χ1v) is 5.30. The second-order valence-electron chi connectivity index (χ2n) is 3.92. The van der Waals surface area contributed by atoms with Crippen molar-refractivity contribution in [2.24, 2.45) is 0 Å². The number of hydrogen-bond acceptors (Lipinski definition) is 1. The van der Waals surface area contributed by atoms with E-state index in [1.165, 1.54) is 29.5 Å². The van der Waals surface area contributed by atoms with Crippen molar-refractivity contribution in [2.75, 3.05) is 7.11 Å². The molecule has 0 spiro atoms. The molecule has 2 rings (SSSR count). The second kappa shape index (κ2) is 4.35. The predicted octanol–water partition coefficient (Wildman–Crippen LogP) is 3.70. The van der Waals surface area contributed by atoms with Gasteiger partial charge in [-0.2, -0.15) is 0 Å². The van der Waals surface area contributed by atoms with Crippen LogP contribution in [0.5, 0.6) is 0 Å². The molecule has 1 fully saturated rings. The highest BCUT2D eigenvalue weighted by atomic mass is 16.5. The van der Waals surface area contributed by atoms with Gasteiger partial charge in [0.1, 0.15) is 5.76 Å². The smallest absolute Gasteiger partial charge is 0.118 e. The summed E-state index contributed by atoms with van der Waals surface area (Å²) in [7, 11) is 1.74. The fourth-order valence-corrected chi connectivity index (χ4v) is 1.58. The van der Waals surface area contributed by atoms with Crippen molar-refractivity contribution >= 4 is 6.08 Å². The standard InChI is InChI=1S/C14H16O/c1-11-4-3-5-12(10-11)6-9-14(15-2)13-7-8-13/h3-6,9-10H,7-8H2,1-2H3/b9-6+. The highest BCUT2D eigenvalue weighted by Gasteiger charge is 2.16. The van der Waals surface area contributed by atoms with Gasteiger partial charge in [0.05, 0.1) is 7.11 Å². The number of rotatable bonds is 3. The molecule has 0 unspecified atom stereocenters. The van der Waals surface area contributed by atoms with Gasteiger partial charge in [0, 0.05) is 0 Å². The molecule has 0 aliphatic heterocycles. The summed E-state index contributed by atoms with van der Waals surface area (Å²) >= 11 is 0. The van der Waals surface area contributed by atoms with Crippen LogP contribution >= 0.6 is 0 Å². The molecule has 0 atom stereocenters. The van der Waals surface area contributed by atoms with E-state index in [-0.39, 0.29) is 0 Å². The normalized spacial score (nSPS) is 14.4. The van der Waals surface area contributed by atoms with E-state index >= 15 is 0 Å². The zero-order chi connectivity index (χ0) is 10.7. The van der Waals surface area contributed by atoms with Crippen LogP contribution in [0.1, 0.15) is 24.0 Å². The predicted molar refractivity (Wildman–Crippen MR) is 63.5 cm³/mol. The molecule has 0 N–H and O–H groups in total. The van der Waals surface area contributed by atoms with E-state index in [9.17, 15) is 0 Å². The average molecular weight is 200 g/mol. The third kappa shape index (κ3) is 2.72. The van der Waals surface area contributed by atoms with E-state index in [4.69, 9.17) is 4.74 Å². The summed E-state index contributed by atoms with van der Waals surface area (Å²) < 4.78 is 5.32. The first-order chi connectivity index (χ1) is 7.29. The molecule has 0 bridgehead atoms. The zero-order valence-corrected chi connectivity index (χ0v) is 9.29. The van der Waals surface area contributed by atoms with Crippen molar-refractivity contribution in [1.29, 1.82) is 0 Å². The summed E-state index contributed by atoms with van der Waals surface area (Å²) in [5, 5.41) is 0. The molecule has 0 amide bonds. The SMILES string of the molecule is COC(/C=C/c1cccc(C)c1)=C1CC1. The molecule has 0 heterocycles. The Bertz CT molecular complexity index is 407. The molecule has 1 aliphatic rings. The van der Waals surface area contributed by atoms with Crippen LogP contribution in [0.4, 0.5) is 0 Å². The van der Waals surface area contributed by atoms with Gasteiger partial charge in [-0.15, -0.1) is 0 Å². The van der Waals surface area contributed by atoms with Gasteiger partial charge in [-0.25, -0.2) is 0 Å². The zero-order valence-electron chi connectivity index (χ0n) is 9.29. The summed E-state index contributed by atoms with van der Waals surface area (Å²) in [6.07, 6.45) is 6.57. The Morgan fingerprint density at radius 1 is 1.33 bits per heavy atom. The van der Waals surface area contributed by atoms with Crippen molar-refractivity contribution in [1.82, 2.24) is 0 Å². The lowest BCUT2D eigenvalue weighted by Gasteiger charge is -1.99. The van der Waals surface area contributed by atoms with E-state index in [0.717, 1.165) is 5.76 Å². The second-order valence-corrected chi connectivity index (χ2v) is 3.92. The third-order valence-corrected chi connectivity index (χ3v) is 2.54. The Morgan fingerprint density at radius 2 is 2.13 bits per heavy atom. The van der Waals surface area contributed by atoms with Crippen LogP contribution in [0.25, 0.3) is 6.08 Å². The maximum atomic E-state index is 5.32. The minimum absolute atomic E-state index is 1.04. The Balaban J connectivity index is 2.14. The highest BCUT2D eigenvalue weighted by molar-refractivity contribution is 5.54. The minimum atomic E-state index is 1.04. The molecule has 1 aromatic carbocycles. The van der Waals surface area contributed by atoms with E-state index < -0.39 is 0 Å². The van der Waals surface area contributed by atoms with Crippen LogP contribution in [-0.2, 0) is 4.74 Å². The molecule has 78 valence electrons. The van der Waals surface area contributed by atoms with E-state index in [1.807, 2.05) is 0 Å². The summed E-state index contributed by atoms with van der Waals surface area (Å²) in [5.74, 6) is 1.04. The molecule has 1 aliphatic carbocycles. The van der Waals surface area contributed by atoms with Gasteiger partial charge < -0.3 is 4.74 Å². The van der Waals surface area contributed by atoms with Crippen molar-refractivity contribution in [3.63, 3.8) is 0 Å². The summed E-state index contributed by atoms with van der Waals surface area (Å²) in [4.78, 5) is 0. The van der Waals surface area contributed by atoms with Gasteiger partial charge in [0.15, 0.2) is 0 Å². The summed E-state index contributed by atoms with van der Waals surface area (Å²) in [6.45, 7) is 2.11. The van der Waals surface area contributed by atoms with Gasteiger partial charge in [0.2, 0.25) is 0 Å². The minimum Gasteiger partial charge on any atom is -0.497 e. The van der Waals surface area contributed by atoms with E-state index in [2.05, 4.69) is 43.3 Å². The number of allylic oxidation sites excluding steroid dienone is 2. The highest BCUT2D eigenvalue weighted by Crippen LogP contribution is 2.32. The van der Waals surface area contributed by atoms with Gasteiger partial charge in [0.25, 0.3) is 0 Å². The van der Waals surface area contributed by atoms with Gasteiger partial charge in [-0.3, -0.25) is 0 Å². The maximum absolute atomic E-state index is 5.32. The molecular weight excluding hydrogens is 184 g/mol. The van der Waals surface area contributed by atoms with Crippen LogP contribution in [0.15, 0.2) is 41.7 Å². The fraction of sp³-hybridized carbons (Fsp3) is 0.286. The number of aryl methyl sites for hydroxylation is 1. The average Bonchev–Trinajstić information content (AvgIpc) is 3.03. The maximum Gasteiger partial charge on any atom is 0.118 e. The van der Waals surface area contributed by atoms with Crippen molar-refractivity contribution < 1.29 is 4.74 Å². The first-order valence-electron chi connectivity index (χ1n) is 5.30. The van der Waals surface area contributed by atoms with E-state index in [0.29, 0.717) is 0 Å². The van der Waals surface area contributed by atoms with Crippen LogP contribution in [0.2, 0.25) is 0 Å². The van der Waals surface area contributed by atoms with Crippen molar-refractivity contribution in [3.05, 3.63) is 52.8 Å². The number of methoxy groups -OCH3 is 1. The molecule has 15 heavy (non-hydrogen) atoms. The van der Waals surface area contributed by atoms with Gasteiger partial charge in [-0.1, -0.05) is 35.9 Å². The number of hydrogen-bond donors (Lipinski definition) is 0. The number of ether oxygens (including phenoxy) is 1. The Hall–Kier alpha value is -1.50. The molecule has 0 radical (unpaired) electrons. The summed E-state index contributed by atoms with van der Waals surface area (Å²) in [5.41, 5.74) is 3.95. The molecule has 1 nitrogen and oxygen atoms in total. The van der Waals surface area contributed by atoms with Crippen molar-refractivity contribution in [3.8, 4) is 0 Å². The largest absolute Gasteiger partial charge is 0.497 e. The van der Waals surface area contributed by atoms with Crippen LogP contribution in [0, 0.1) is 6.92 Å². The quantitative estimate of drug-likeness (QED) is 0.676. The molecule has 1 saturated carbocycles. The Morgan fingerprint density at radius 3 is 2.73 bits per heavy atom. The molecule has 0 saturated heterocycles. The lowest BCUT2D eigenvalue weighted by Crippen LogP contribution is -1.81. The lowest BCUT2D eigenvalue weighted by atomic mass is 10.1. The molecule has 0 aromatic heterocycles. The van der Waals surface area contributed by atoms with Crippen LogP contribution in [-0.4, -0.2) is 7.11 Å². The first kappa shape index (κ1) is 10.0. The lowest BCUT2D eigenvalue weighted by molar-refractivity contribution is 0.305. The van der Waals surface area contributed by atoms with Gasteiger partial charge in [-0.05, 0) is 37.0 Å². The van der Waals surface area contributed by atoms with E-state index in [1.54, 1.807) is 7.11 Å². The molecule has 1 aromatic rings. The molecular formula is C14H16O. The fourth-order valence-electron chi connectivity index (χ4n) is 1.58. The monoisotopic (exact) mass is 200 g/mol. The van der Waals surface area contributed by atoms with Crippen molar-refractivity contribution in [2.45, 2.75) is 19.8 Å². The van der Waals surface area contributed by atoms with Gasteiger partial charge >= 0.3 is 0 Å².